The predicted octanol–water partition coefficient (Wildman–Crippen LogP) is 3.67. The van der Waals surface area contributed by atoms with Crippen LogP contribution in [0.2, 0.25) is 0 Å². The summed E-state index contributed by atoms with van der Waals surface area (Å²) in [5, 5.41) is 9.34. The summed E-state index contributed by atoms with van der Waals surface area (Å²) in [4.78, 5) is 12.1. The van der Waals surface area contributed by atoms with E-state index < -0.39 is 0 Å². The number of aliphatic hydroxyl groups is 1. The van der Waals surface area contributed by atoms with Gasteiger partial charge in [-0.2, -0.15) is 0 Å². The zero-order chi connectivity index (χ0) is 15.0. The molecule has 0 bridgehead atoms. The van der Waals surface area contributed by atoms with E-state index in [0.29, 0.717) is 18.3 Å². The number of carbonyl (C=O) groups is 1. The number of hydrogen-bond donors (Lipinski definition) is 1. The highest BCUT2D eigenvalue weighted by Gasteiger charge is 2.46. The molecule has 1 aliphatic heterocycles. The smallest absolute Gasteiger partial charge is 0.146 e. The van der Waals surface area contributed by atoms with Crippen LogP contribution in [0.5, 0.6) is 0 Å². The molecule has 116 valence electrons. The summed E-state index contributed by atoms with van der Waals surface area (Å²) in [7, 11) is 0. The van der Waals surface area contributed by atoms with Gasteiger partial charge in [0.05, 0.1) is 23.4 Å². The van der Waals surface area contributed by atoms with Crippen LogP contribution in [0.25, 0.3) is 0 Å². The molecule has 0 radical (unpaired) electrons. The quantitative estimate of drug-likeness (QED) is 0.859. The van der Waals surface area contributed by atoms with Crippen LogP contribution in [0.4, 0.5) is 0 Å². The van der Waals surface area contributed by atoms with Crippen LogP contribution in [0.1, 0.15) is 65.2 Å². The summed E-state index contributed by atoms with van der Waals surface area (Å²) in [6.07, 6.45) is 9.60. The topological polar surface area (TPSA) is 46.5 Å². The predicted molar refractivity (Wildman–Crippen MR) is 81.7 cm³/mol. The van der Waals surface area contributed by atoms with Gasteiger partial charge in [-0.15, -0.1) is 0 Å². The van der Waals surface area contributed by atoms with E-state index in [0.717, 1.165) is 50.7 Å². The van der Waals surface area contributed by atoms with Gasteiger partial charge in [0.25, 0.3) is 0 Å². The second-order valence-electron chi connectivity index (χ2n) is 7.04. The van der Waals surface area contributed by atoms with E-state index >= 15 is 0 Å². The third-order valence-electron chi connectivity index (χ3n) is 5.39. The zero-order valence-corrected chi connectivity index (χ0v) is 13.2. The maximum atomic E-state index is 12.1. The fourth-order valence-electron chi connectivity index (χ4n) is 4.00. The molecule has 0 aromatic heterocycles. The first-order valence-corrected chi connectivity index (χ1v) is 8.32. The third kappa shape index (κ3) is 2.68. The number of ether oxygens (including phenoxy) is 1. The average Bonchev–Trinajstić information content (AvgIpc) is 2.75. The summed E-state index contributed by atoms with van der Waals surface area (Å²) < 4.78 is 6.21. The molecule has 0 saturated heterocycles. The Kier molecular flexibility index (Phi) is 3.96. The van der Waals surface area contributed by atoms with E-state index in [1.165, 1.54) is 11.1 Å². The normalized spacial score (nSPS) is 33.2. The standard InChI is InChI=1S/C18H26O3/c1-12(19)4-3-5-13-6-7-14-15-8-9-17(20)18(15,2)11-10-16(14)21-13/h8,12-13,19H,3-7,9-11H2,1-2H3/t12?,13?,18-/m0/s1. The van der Waals surface area contributed by atoms with Crippen LogP contribution >= 0.6 is 0 Å². The lowest BCUT2D eigenvalue weighted by Gasteiger charge is -2.39. The Morgan fingerprint density at radius 1 is 1.48 bits per heavy atom. The minimum Gasteiger partial charge on any atom is -0.494 e. The van der Waals surface area contributed by atoms with Crippen LogP contribution < -0.4 is 0 Å². The van der Waals surface area contributed by atoms with Crippen molar-refractivity contribution in [3.8, 4) is 0 Å². The van der Waals surface area contributed by atoms with Gasteiger partial charge in [0, 0.05) is 12.8 Å². The molecule has 0 spiro atoms. The lowest BCUT2D eigenvalue weighted by Crippen LogP contribution is -2.33. The lowest BCUT2D eigenvalue weighted by atomic mass is 9.70. The molecule has 0 fully saturated rings. The van der Waals surface area contributed by atoms with Crippen LogP contribution in [-0.2, 0) is 9.53 Å². The Bertz CT molecular complexity index is 501. The highest BCUT2D eigenvalue weighted by Crippen LogP contribution is 2.51. The van der Waals surface area contributed by atoms with E-state index in [9.17, 15) is 9.90 Å². The number of carbonyl (C=O) groups excluding carboxylic acids is 1. The van der Waals surface area contributed by atoms with E-state index in [2.05, 4.69) is 13.0 Å². The van der Waals surface area contributed by atoms with E-state index in [4.69, 9.17) is 4.74 Å². The number of hydrogen-bond acceptors (Lipinski definition) is 3. The second-order valence-corrected chi connectivity index (χ2v) is 7.04. The summed E-state index contributed by atoms with van der Waals surface area (Å²) in [5.41, 5.74) is 2.35. The van der Waals surface area contributed by atoms with Gasteiger partial charge in [0.15, 0.2) is 0 Å². The van der Waals surface area contributed by atoms with Crippen molar-refractivity contribution in [3.63, 3.8) is 0 Å². The minimum atomic E-state index is -0.235. The van der Waals surface area contributed by atoms with E-state index in [1.807, 2.05) is 6.92 Å². The van der Waals surface area contributed by atoms with Gasteiger partial charge in [-0.05, 0) is 63.5 Å². The largest absolute Gasteiger partial charge is 0.494 e. The SMILES string of the molecule is CC(O)CCCC1CCC2=C(CC[C@]3(C)C(=O)CC=C23)O1. The number of fused-ring (bicyclic) bond motifs is 2. The third-order valence-corrected chi connectivity index (χ3v) is 5.39. The molecule has 2 unspecified atom stereocenters. The number of aliphatic hydroxyl groups excluding tert-OH is 1. The summed E-state index contributed by atoms with van der Waals surface area (Å²) >= 11 is 0. The Hall–Kier alpha value is -1.09. The van der Waals surface area contributed by atoms with E-state index in [-0.39, 0.29) is 11.5 Å². The molecule has 2 aliphatic carbocycles. The first-order valence-electron chi connectivity index (χ1n) is 8.32. The van der Waals surface area contributed by atoms with Crippen LogP contribution in [0.3, 0.4) is 0 Å². The van der Waals surface area contributed by atoms with Gasteiger partial charge in [0.1, 0.15) is 5.78 Å². The van der Waals surface area contributed by atoms with Gasteiger partial charge in [0.2, 0.25) is 0 Å². The van der Waals surface area contributed by atoms with Crippen LogP contribution in [0.15, 0.2) is 23.0 Å². The number of allylic oxidation sites excluding steroid dienone is 4. The van der Waals surface area contributed by atoms with Crippen molar-refractivity contribution in [2.45, 2.75) is 77.4 Å². The minimum absolute atomic E-state index is 0.214. The average molecular weight is 290 g/mol. The fraction of sp³-hybridized carbons (Fsp3) is 0.722. The monoisotopic (exact) mass is 290 g/mol. The zero-order valence-electron chi connectivity index (χ0n) is 13.2. The van der Waals surface area contributed by atoms with Gasteiger partial charge in [-0.1, -0.05) is 6.08 Å². The number of rotatable bonds is 4. The molecular formula is C18H26O3. The van der Waals surface area contributed by atoms with Crippen molar-refractivity contribution in [2.75, 3.05) is 0 Å². The lowest BCUT2D eigenvalue weighted by molar-refractivity contribution is -0.124. The van der Waals surface area contributed by atoms with Crippen molar-refractivity contribution >= 4 is 5.78 Å². The van der Waals surface area contributed by atoms with Crippen molar-refractivity contribution in [2.24, 2.45) is 5.41 Å². The Morgan fingerprint density at radius 2 is 2.29 bits per heavy atom. The molecule has 0 amide bonds. The van der Waals surface area contributed by atoms with Gasteiger partial charge in [-0.3, -0.25) is 4.79 Å². The van der Waals surface area contributed by atoms with Crippen molar-refractivity contribution in [3.05, 3.63) is 23.0 Å². The van der Waals surface area contributed by atoms with Crippen molar-refractivity contribution < 1.29 is 14.6 Å². The van der Waals surface area contributed by atoms with Gasteiger partial charge in [-0.25, -0.2) is 0 Å². The molecular weight excluding hydrogens is 264 g/mol. The second kappa shape index (κ2) is 5.60. The maximum Gasteiger partial charge on any atom is 0.146 e. The molecule has 0 saturated carbocycles. The van der Waals surface area contributed by atoms with Crippen molar-refractivity contribution in [1.82, 2.24) is 0 Å². The molecule has 3 nitrogen and oxygen atoms in total. The fourth-order valence-corrected chi connectivity index (χ4v) is 4.00. The Balaban J connectivity index is 1.67. The van der Waals surface area contributed by atoms with Crippen LogP contribution in [-0.4, -0.2) is 23.1 Å². The van der Waals surface area contributed by atoms with Crippen molar-refractivity contribution in [1.29, 1.82) is 0 Å². The van der Waals surface area contributed by atoms with Gasteiger partial charge >= 0.3 is 0 Å². The van der Waals surface area contributed by atoms with Gasteiger partial charge < -0.3 is 9.84 Å². The summed E-state index contributed by atoms with van der Waals surface area (Å²) in [6, 6.07) is 0. The number of Topliss-reactive ketones (excluding diaryl/α,β-unsaturated/α-hetero) is 1. The first kappa shape index (κ1) is 14.8. The molecule has 3 atom stereocenters. The summed E-state index contributed by atoms with van der Waals surface area (Å²) in [5.74, 6) is 1.52. The molecule has 3 aliphatic rings. The highest BCUT2D eigenvalue weighted by molar-refractivity contribution is 5.93. The molecule has 0 aromatic rings. The Morgan fingerprint density at radius 3 is 3.05 bits per heavy atom. The molecule has 1 heterocycles. The molecule has 3 rings (SSSR count). The first-order chi connectivity index (χ1) is 10.0. The molecule has 3 heteroatoms. The Labute approximate surface area is 127 Å². The van der Waals surface area contributed by atoms with Crippen LogP contribution in [0, 0.1) is 5.41 Å². The molecule has 0 aromatic carbocycles. The molecule has 1 N–H and O–H groups in total. The van der Waals surface area contributed by atoms with E-state index in [1.54, 1.807) is 0 Å². The molecule has 21 heavy (non-hydrogen) atoms. The highest BCUT2D eigenvalue weighted by atomic mass is 16.5. The number of ketones is 1. The summed E-state index contributed by atoms with van der Waals surface area (Å²) in [6.45, 7) is 3.95. The maximum absolute atomic E-state index is 12.1.